The Hall–Kier alpha value is -0.570. The molecule has 7 heteroatoms. The van der Waals surface area contributed by atoms with E-state index in [-0.39, 0.29) is 24.0 Å². The molecule has 0 atom stereocenters. The van der Waals surface area contributed by atoms with E-state index < -0.39 is 0 Å². The molecule has 2 N–H and O–H groups in total. The lowest BCUT2D eigenvalue weighted by Crippen LogP contribution is -2.52. The fourth-order valence-electron chi connectivity index (χ4n) is 4.77. The zero-order valence-electron chi connectivity index (χ0n) is 18.5. The van der Waals surface area contributed by atoms with Crippen LogP contribution in [0.15, 0.2) is 4.99 Å². The van der Waals surface area contributed by atoms with Gasteiger partial charge in [0.05, 0.1) is 0 Å². The minimum Gasteiger partial charge on any atom is -0.357 e. The SMILES string of the molecule is CCNC(=NCC1(CC)CCCC1)NCCN1CCN(C(=O)C2CCC2)CC1.I. The first-order valence-corrected chi connectivity index (χ1v) is 11.7. The number of carbonyl (C=O) groups excluding carboxylic acids is 1. The van der Waals surface area contributed by atoms with Crippen molar-refractivity contribution in [2.75, 3.05) is 52.4 Å². The van der Waals surface area contributed by atoms with Crippen LogP contribution in [0.1, 0.15) is 65.2 Å². The van der Waals surface area contributed by atoms with Gasteiger partial charge < -0.3 is 15.5 Å². The topological polar surface area (TPSA) is 60.0 Å². The molecule has 0 spiro atoms. The second-order valence-electron chi connectivity index (χ2n) is 8.98. The van der Waals surface area contributed by atoms with E-state index in [1.54, 1.807) is 0 Å². The van der Waals surface area contributed by atoms with Crippen molar-refractivity contribution in [3.05, 3.63) is 0 Å². The molecule has 1 amide bonds. The quantitative estimate of drug-likeness (QED) is 0.294. The number of piperazine rings is 1. The van der Waals surface area contributed by atoms with Gasteiger partial charge in [0, 0.05) is 58.3 Å². The third kappa shape index (κ3) is 6.97. The molecule has 3 fully saturated rings. The van der Waals surface area contributed by atoms with Gasteiger partial charge in [-0.25, -0.2) is 0 Å². The van der Waals surface area contributed by atoms with Crippen LogP contribution in [0, 0.1) is 11.3 Å². The van der Waals surface area contributed by atoms with Crippen LogP contribution in [0.3, 0.4) is 0 Å². The van der Waals surface area contributed by atoms with Crippen LogP contribution in [-0.4, -0.2) is 74.0 Å². The van der Waals surface area contributed by atoms with Crippen molar-refractivity contribution in [2.45, 2.75) is 65.2 Å². The highest BCUT2D eigenvalue weighted by atomic mass is 127. The molecule has 3 aliphatic rings. The molecule has 2 aliphatic carbocycles. The average molecular weight is 520 g/mol. The molecule has 0 radical (unpaired) electrons. The van der Waals surface area contributed by atoms with Crippen molar-refractivity contribution in [2.24, 2.45) is 16.3 Å². The molecule has 0 unspecified atom stereocenters. The van der Waals surface area contributed by atoms with E-state index in [0.29, 0.717) is 17.2 Å². The largest absolute Gasteiger partial charge is 0.357 e. The summed E-state index contributed by atoms with van der Waals surface area (Å²) in [6, 6.07) is 0. The Balaban J connectivity index is 0.00000300. The fraction of sp³-hybridized carbons (Fsp3) is 0.909. The lowest BCUT2D eigenvalue weighted by molar-refractivity contribution is -0.139. The number of amides is 1. The fourth-order valence-corrected chi connectivity index (χ4v) is 4.77. The maximum Gasteiger partial charge on any atom is 0.225 e. The number of guanidine groups is 1. The van der Waals surface area contributed by atoms with Gasteiger partial charge in [-0.15, -0.1) is 24.0 Å². The number of halogens is 1. The van der Waals surface area contributed by atoms with E-state index in [4.69, 9.17) is 4.99 Å². The molecule has 1 aliphatic heterocycles. The van der Waals surface area contributed by atoms with Crippen molar-refractivity contribution >= 4 is 35.8 Å². The number of aliphatic imine (C=N–C) groups is 1. The highest BCUT2D eigenvalue weighted by Gasteiger charge is 2.32. The Morgan fingerprint density at radius 1 is 1.03 bits per heavy atom. The highest BCUT2D eigenvalue weighted by Crippen LogP contribution is 2.41. The molecule has 0 aromatic heterocycles. The van der Waals surface area contributed by atoms with E-state index in [0.717, 1.165) is 71.2 Å². The maximum atomic E-state index is 12.4. The molecular weight excluding hydrogens is 477 g/mol. The Bertz CT molecular complexity index is 523. The Morgan fingerprint density at radius 3 is 2.28 bits per heavy atom. The normalized spacial score (nSPS) is 22.7. The van der Waals surface area contributed by atoms with Crippen LogP contribution in [0.25, 0.3) is 0 Å². The highest BCUT2D eigenvalue weighted by molar-refractivity contribution is 14.0. The van der Waals surface area contributed by atoms with E-state index in [1.807, 2.05) is 0 Å². The van der Waals surface area contributed by atoms with Gasteiger partial charge >= 0.3 is 0 Å². The van der Waals surface area contributed by atoms with Crippen molar-refractivity contribution in [3.63, 3.8) is 0 Å². The number of hydrogen-bond acceptors (Lipinski definition) is 3. The smallest absolute Gasteiger partial charge is 0.225 e. The standard InChI is InChI=1S/C22H41N5O.HI/c1-3-22(10-5-6-11-22)18-25-21(23-4-2)24-12-13-26-14-16-27(17-15-26)20(28)19-8-7-9-19;/h19H,3-18H2,1-2H3,(H2,23,24,25);1H. The van der Waals surface area contributed by atoms with Gasteiger partial charge in [-0.05, 0) is 44.4 Å². The lowest BCUT2D eigenvalue weighted by atomic mass is 9.84. The third-order valence-corrected chi connectivity index (χ3v) is 7.19. The number of rotatable bonds is 8. The monoisotopic (exact) mass is 519 g/mol. The second kappa shape index (κ2) is 12.3. The van der Waals surface area contributed by atoms with Crippen LogP contribution in [0.5, 0.6) is 0 Å². The summed E-state index contributed by atoms with van der Waals surface area (Å²) < 4.78 is 0. The van der Waals surface area contributed by atoms with Crippen molar-refractivity contribution in [1.82, 2.24) is 20.4 Å². The lowest BCUT2D eigenvalue weighted by Gasteiger charge is -2.38. The van der Waals surface area contributed by atoms with Crippen LogP contribution in [-0.2, 0) is 4.79 Å². The number of carbonyl (C=O) groups is 1. The van der Waals surface area contributed by atoms with Crippen LogP contribution >= 0.6 is 24.0 Å². The predicted octanol–water partition coefficient (Wildman–Crippen LogP) is 3.07. The van der Waals surface area contributed by atoms with Crippen LogP contribution in [0.2, 0.25) is 0 Å². The first-order valence-electron chi connectivity index (χ1n) is 11.7. The van der Waals surface area contributed by atoms with Crippen molar-refractivity contribution < 1.29 is 4.79 Å². The number of nitrogens with one attached hydrogen (secondary N) is 2. The van der Waals surface area contributed by atoms with E-state index in [9.17, 15) is 4.79 Å². The molecule has 0 aromatic rings. The van der Waals surface area contributed by atoms with Gasteiger partial charge in [0.25, 0.3) is 0 Å². The summed E-state index contributed by atoms with van der Waals surface area (Å²) in [5.74, 6) is 1.70. The van der Waals surface area contributed by atoms with Crippen molar-refractivity contribution in [3.8, 4) is 0 Å². The van der Waals surface area contributed by atoms with Gasteiger partial charge in [-0.2, -0.15) is 0 Å². The molecule has 0 aromatic carbocycles. The Labute approximate surface area is 194 Å². The second-order valence-corrected chi connectivity index (χ2v) is 8.98. The van der Waals surface area contributed by atoms with Gasteiger partial charge in [-0.3, -0.25) is 14.7 Å². The molecule has 0 bridgehead atoms. The molecule has 168 valence electrons. The summed E-state index contributed by atoms with van der Waals surface area (Å²) in [7, 11) is 0. The first-order chi connectivity index (χ1) is 13.7. The Kier molecular flexibility index (Phi) is 10.5. The minimum absolute atomic E-state index is 0. The summed E-state index contributed by atoms with van der Waals surface area (Å²) in [5, 5.41) is 6.92. The molecule has 1 saturated heterocycles. The van der Waals surface area contributed by atoms with E-state index in [1.165, 1.54) is 38.5 Å². The molecule has 6 nitrogen and oxygen atoms in total. The zero-order valence-corrected chi connectivity index (χ0v) is 20.9. The summed E-state index contributed by atoms with van der Waals surface area (Å²) >= 11 is 0. The van der Waals surface area contributed by atoms with Gasteiger partial charge in [-0.1, -0.05) is 26.2 Å². The summed E-state index contributed by atoms with van der Waals surface area (Å²) in [6.45, 7) is 12.0. The van der Waals surface area contributed by atoms with Gasteiger partial charge in [0.1, 0.15) is 0 Å². The molecule has 1 heterocycles. The van der Waals surface area contributed by atoms with Crippen LogP contribution in [0.4, 0.5) is 0 Å². The van der Waals surface area contributed by atoms with Gasteiger partial charge in [0.15, 0.2) is 5.96 Å². The molecule has 29 heavy (non-hydrogen) atoms. The summed E-state index contributed by atoms with van der Waals surface area (Å²) in [5.41, 5.74) is 0.436. The predicted molar refractivity (Wildman–Crippen MR) is 131 cm³/mol. The van der Waals surface area contributed by atoms with E-state index in [2.05, 4.69) is 34.3 Å². The zero-order chi connectivity index (χ0) is 19.8. The van der Waals surface area contributed by atoms with Crippen molar-refractivity contribution in [1.29, 1.82) is 0 Å². The number of nitrogens with zero attached hydrogens (tertiary/aromatic N) is 3. The van der Waals surface area contributed by atoms with Gasteiger partial charge in [0.2, 0.25) is 5.91 Å². The van der Waals surface area contributed by atoms with Crippen LogP contribution < -0.4 is 10.6 Å². The first kappa shape index (κ1) is 24.7. The maximum absolute atomic E-state index is 12.4. The van der Waals surface area contributed by atoms with E-state index >= 15 is 0 Å². The third-order valence-electron chi connectivity index (χ3n) is 7.19. The number of hydrogen-bond donors (Lipinski definition) is 2. The molecular formula is C22H42IN5O. The summed E-state index contributed by atoms with van der Waals surface area (Å²) in [4.78, 5) is 21.8. The Morgan fingerprint density at radius 2 is 1.72 bits per heavy atom. The molecule has 3 rings (SSSR count). The molecule has 2 saturated carbocycles. The minimum atomic E-state index is 0. The summed E-state index contributed by atoms with van der Waals surface area (Å²) in [6.07, 6.45) is 10.1. The average Bonchev–Trinajstić information content (AvgIpc) is 3.15.